The van der Waals surface area contributed by atoms with Gasteiger partial charge in [0, 0.05) is 34.2 Å². The highest BCUT2D eigenvalue weighted by Gasteiger charge is 2.42. The maximum absolute atomic E-state index is 13.1. The molecule has 2 heterocycles. The lowest BCUT2D eigenvalue weighted by molar-refractivity contribution is -0.118. The summed E-state index contributed by atoms with van der Waals surface area (Å²) in [5.74, 6) is 0.839. The van der Waals surface area contributed by atoms with Crippen LogP contribution < -0.4 is 11.1 Å². The van der Waals surface area contributed by atoms with Gasteiger partial charge in [0.2, 0.25) is 0 Å². The summed E-state index contributed by atoms with van der Waals surface area (Å²) in [5.41, 5.74) is 9.46. The van der Waals surface area contributed by atoms with Crippen molar-refractivity contribution >= 4 is 41.2 Å². The van der Waals surface area contributed by atoms with Gasteiger partial charge in [-0.25, -0.2) is 4.98 Å². The van der Waals surface area contributed by atoms with Crippen molar-refractivity contribution in [2.24, 2.45) is 5.41 Å². The van der Waals surface area contributed by atoms with E-state index in [1.807, 2.05) is 24.3 Å². The molecule has 1 unspecified atom stereocenters. The number of Topliss-reactive ketones (excluding diaryl/α,β-unsaturated/α-hetero) is 1. The highest BCUT2D eigenvalue weighted by molar-refractivity contribution is 7.71. The zero-order valence-electron chi connectivity index (χ0n) is 14.5. The van der Waals surface area contributed by atoms with Crippen LogP contribution in [-0.4, -0.2) is 15.8 Å². The Hall–Kier alpha value is -2.18. The number of nitrogen functional groups attached to an aromatic ring is 1. The van der Waals surface area contributed by atoms with Gasteiger partial charge in [-0.2, -0.15) is 0 Å². The average Bonchev–Trinajstić information content (AvgIpc) is 2.51. The van der Waals surface area contributed by atoms with E-state index in [4.69, 9.17) is 29.6 Å². The molecule has 4 N–H and O–H groups in total. The Morgan fingerprint density at radius 3 is 2.85 bits per heavy atom. The van der Waals surface area contributed by atoms with E-state index < -0.39 is 0 Å². The molecule has 1 atom stereocenters. The van der Waals surface area contributed by atoms with E-state index >= 15 is 0 Å². The summed E-state index contributed by atoms with van der Waals surface area (Å²) >= 11 is 11.4. The molecule has 0 radical (unpaired) electrons. The van der Waals surface area contributed by atoms with Gasteiger partial charge in [0.1, 0.15) is 11.6 Å². The number of hydrogen-bond donors (Lipinski definition) is 3. The first-order valence-electron chi connectivity index (χ1n) is 8.43. The molecule has 5 nitrogen and oxygen atoms in total. The van der Waals surface area contributed by atoms with E-state index in [-0.39, 0.29) is 17.1 Å². The lowest BCUT2D eigenvalue weighted by Gasteiger charge is -2.39. The number of nitrogens with zero attached hydrogens (tertiary/aromatic N) is 1. The van der Waals surface area contributed by atoms with E-state index in [2.05, 4.69) is 29.1 Å². The van der Waals surface area contributed by atoms with Crippen molar-refractivity contribution in [2.45, 2.75) is 32.6 Å². The van der Waals surface area contributed by atoms with Crippen LogP contribution in [0.4, 0.5) is 11.6 Å². The molecule has 7 heteroatoms. The quantitative estimate of drug-likeness (QED) is 0.625. The molecule has 1 aromatic heterocycles. The second-order valence-electron chi connectivity index (χ2n) is 7.66. The number of carbonyl (C=O) groups is 1. The number of hydrogen-bond acceptors (Lipinski definition) is 5. The lowest BCUT2D eigenvalue weighted by Crippen LogP contribution is -2.34. The number of allylic oxidation sites excluding steroid dienone is 2. The van der Waals surface area contributed by atoms with Crippen molar-refractivity contribution in [1.29, 1.82) is 0 Å². The fourth-order valence-electron chi connectivity index (χ4n) is 3.98. The summed E-state index contributed by atoms with van der Waals surface area (Å²) in [4.78, 5) is 20.4. The van der Waals surface area contributed by atoms with Gasteiger partial charge < -0.3 is 16.0 Å². The number of anilines is 2. The van der Waals surface area contributed by atoms with Crippen molar-refractivity contribution in [3.05, 3.63) is 56.5 Å². The summed E-state index contributed by atoms with van der Waals surface area (Å²) in [7, 11) is 0. The molecule has 2 aromatic rings. The van der Waals surface area contributed by atoms with Gasteiger partial charge in [-0.15, -0.1) is 0 Å². The second kappa shape index (κ2) is 5.93. The molecular weight excluding hydrogens is 368 g/mol. The summed E-state index contributed by atoms with van der Waals surface area (Å²) in [6, 6.07) is 7.53. The predicted octanol–water partition coefficient (Wildman–Crippen LogP) is 4.58. The van der Waals surface area contributed by atoms with Gasteiger partial charge in [0.15, 0.2) is 10.6 Å². The van der Waals surface area contributed by atoms with Crippen LogP contribution in [0.15, 0.2) is 35.5 Å². The third kappa shape index (κ3) is 2.83. The van der Waals surface area contributed by atoms with E-state index in [1.54, 1.807) is 0 Å². The van der Waals surface area contributed by atoms with Crippen LogP contribution in [0.1, 0.15) is 43.7 Å². The molecule has 0 fully saturated rings. The van der Waals surface area contributed by atoms with Crippen LogP contribution in [0.2, 0.25) is 5.02 Å². The number of ketones is 1. The molecule has 26 heavy (non-hydrogen) atoms. The van der Waals surface area contributed by atoms with Crippen molar-refractivity contribution in [2.75, 3.05) is 11.1 Å². The van der Waals surface area contributed by atoms with Gasteiger partial charge in [-0.3, -0.25) is 4.79 Å². The van der Waals surface area contributed by atoms with Crippen molar-refractivity contribution in [3.63, 3.8) is 0 Å². The van der Waals surface area contributed by atoms with Crippen LogP contribution in [0.5, 0.6) is 0 Å². The number of halogens is 1. The largest absolute Gasteiger partial charge is 0.385 e. The molecule has 0 spiro atoms. The molecule has 1 aromatic carbocycles. The molecule has 0 bridgehead atoms. The smallest absolute Gasteiger partial charge is 0.200 e. The fraction of sp³-hybridized carbons (Fsp3) is 0.316. The Morgan fingerprint density at radius 1 is 1.35 bits per heavy atom. The van der Waals surface area contributed by atoms with E-state index in [9.17, 15) is 4.79 Å². The second-order valence-corrected chi connectivity index (χ2v) is 8.49. The molecule has 2 aliphatic rings. The highest BCUT2D eigenvalue weighted by Crippen LogP contribution is 2.49. The Labute approximate surface area is 161 Å². The van der Waals surface area contributed by atoms with Crippen LogP contribution in [0.25, 0.3) is 0 Å². The van der Waals surface area contributed by atoms with Crippen LogP contribution in [0.3, 0.4) is 0 Å². The standard InChI is InChI=1S/C19H19ClN4OS/c1-19(2)7-11-14(12(25)8-19)13(9-4-3-5-10(20)6-9)15-16(21)23-18(26)24-17(15)22-11/h3-6,13H,7-8H2,1-2H3,(H4,21,22,23,24,26). The molecule has 4 rings (SSSR count). The zero-order chi connectivity index (χ0) is 18.6. The number of carbonyl (C=O) groups excluding carboxylic acids is 1. The monoisotopic (exact) mass is 386 g/mol. The molecule has 1 aliphatic carbocycles. The molecule has 0 saturated heterocycles. The number of benzene rings is 1. The molecular formula is C19H19ClN4OS. The van der Waals surface area contributed by atoms with E-state index in [0.717, 1.165) is 28.8 Å². The van der Waals surface area contributed by atoms with Crippen molar-refractivity contribution in [3.8, 4) is 0 Å². The maximum Gasteiger partial charge on any atom is 0.200 e. The van der Waals surface area contributed by atoms with Crippen LogP contribution in [0, 0.1) is 10.2 Å². The number of rotatable bonds is 1. The number of H-pyrrole nitrogens is 1. The number of aromatic amines is 1. The van der Waals surface area contributed by atoms with Gasteiger partial charge in [-0.05, 0) is 41.7 Å². The molecule has 0 saturated carbocycles. The maximum atomic E-state index is 13.1. The first-order valence-corrected chi connectivity index (χ1v) is 9.22. The fourth-order valence-corrected chi connectivity index (χ4v) is 4.38. The lowest BCUT2D eigenvalue weighted by atomic mass is 9.69. The SMILES string of the molecule is CC1(C)CC(=O)C2=C(C1)Nc1nc(=S)[nH]c(N)c1C2c1cccc(Cl)c1. The normalized spacial score (nSPS) is 21.0. The van der Waals surface area contributed by atoms with Crippen molar-refractivity contribution < 1.29 is 4.79 Å². The van der Waals surface area contributed by atoms with Gasteiger partial charge >= 0.3 is 0 Å². The Kier molecular flexibility index (Phi) is 3.93. The first kappa shape index (κ1) is 17.2. The van der Waals surface area contributed by atoms with Crippen LogP contribution in [-0.2, 0) is 4.79 Å². The van der Waals surface area contributed by atoms with Gasteiger partial charge in [0.05, 0.1) is 0 Å². The van der Waals surface area contributed by atoms with E-state index in [1.165, 1.54) is 0 Å². The molecule has 1 aliphatic heterocycles. The number of aromatic nitrogens is 2. The van der Waals surface area contributed by atoms with Gasteiger partial charge in [-0.1, -0.05) is 37.6 Å². The number of fused-ring (bicyclic) bond motifs is 1. The summed E-state index contributed by atoms with van der Waals surface area (Å²) in [5, 5.41) is 3.94. The minimum atomic E-state index is -0.317. The zero-order valence-corrected chi connectivity index (χ0v) is 16.1. The Morgan fingerprint density at radius 2 is 2.12 bits per heavy atom. The Balaban J connectivity index is 2.00. The molecule has 0 amide bonds. The average molecular weight is 387 g/mol. The first-order chi connectivity index (χ1) is 12.2. The minimum Gasteiger partial charge on any atom is -0.385 e. The van der Waals surface area contributed by atoms with Crippen molar-refractivity contribution in [1.82, 2.24) is 9.97 Å². The van der Waals surface area contributed by atoms with Gasteiger partial charge in [0.25, 0.3) is 0 Å². The highest BCUT2D eigenvalue weighted by atomic mass is 35.5. The summed E-state index contributed by atoms with van der Waals surface area (Å²) in [6.45, 7) is 4.19. The third-order valence-corrected chi connectivity index (χ3v) is 5.38. The number of nitrogens with two attached hydrogens (primary N) is 1. The minimum absolute atomic E-state index is 0.109. The third-order valence-electron chi connectivity index (χ3n) is 4.95. The predicted molar refractivity (Wildman–Crippen MR) is 106 cm³/mol. The topological polar surface area (TPSA) is 83.8 Å². The molecule has 134 valence electrons. The van der Waals surface area contributed by atoms with Crippen LogP contribution >= 0.6 is 23.8 Å². The number of nitrogens with one attached hydrogen (secondary N) is 2. The summed E-state index contributed by atoms with van der Waals surface area (Å²) < 4.78 is 0.309. The summed E-state index contributed by atoms with van der Waals surface area (Å²) in [6.07, 6.45) is 1.26. The van der Waals surface area contributed by atoms with E-state index in [0.29, 0.717) is 27.9 Å². The Bertz CT molecular complexity index is 1020.